The fourth-order valence-electron chi connectivity index (χ4n) is 2.61. The second-order valence-corrected chi connectivity index (χ2v) is 5.87. The Morgan fingerprint density at radius 3 is 2.50 bits per heavy atom. The lowest BCUT2D eigenvalue weighted by Gasteiger charge is -2.26. The van der Waals surface area contributed by atoms with Gasteiger partial charge >= 0.3 is 0 Å². The van der Waals surface area contributed by atoms with Crippen LogP contribution >= 0.6 is 11.8 Å². The van der Waals surface area contributed by atoms with Crippen molar-refractivity contribution in [2.75, 3.05) is 12.0 Å². The number of hydrogen-bond donors (Lipinski definition) is 2. The molecule has 0 saturated heterocycles. The van der Waals surface area contributed by atoms with Crippen molar-refractivity contribution in [2.24, 2.45) is 5.73 Å². The Hall–Kier alpha value is -2.58. The molecule has 0 radical (unpaired) electrons. The van der Waals surface area contributed by atoms with Gasteiger partial charge in [-0.2, -0.15) is 5.26 Å². The van der Waals surface area contributed by atoms with E-state index in [2.05, 4.69) is 6.07 Å². The number of fused-ring (bicyclic) bond motifs is 1. The summed E-state index contributed by atoms with van der Waals surface area (Å²) in [5.41, 5.74) is 14.7. The van der Waals surface area contributed by atoms with Gasteiger partial charge in [0.1, 0.15) is 17.4 Å². The highest BCUT2D eigenvalue weighted by atomic mass is 32.2. The van der Waals surface area contributed by atoms with Gasteiger partial charge in [0.05, 0.1) is 5.92 Å². The quantitative estimate of drug-likeness (QED) is 0.657. The number of benzene rings is 2. The minimum absolute atomic E-state index is 0.138. The molecule has 0 amide bonds. The molecule has 2 aromatic rings. The van der Waals surface area contributed by atoms with Gasteiger partial charge in [-0.3, -0.25) is 0 Å². The first-order chi connectivity index (χ1) is 10.6. The van der Waals surface area contributed by atoms with Crippen molar-refractivity contribution >= 4 is 17.4 Å². The molecule has 1 aliphatic rings. The summed E-state index contributed by atoms with van der Waals surface area (Å²) in [4.78, 5) is 1.17. The number of nitrogens with two attached hydrogens (primary N) is 2. The van der Waals surface area contributed by atoms with Gasteiger partial charge in [0.15, 0.2) is 0 Å². The van der Waals surface area contributed by atoms with E-state index in [9.17, 15) is 5.26 Å². The number of hydrogen-bond acceptors (Lipinski definition) is 5. The molecule has 0 saturated carbocycles. The van der Waals surface area contributed by atoms with Crippen LogP contribution in [0.1, 0.15) is 17.0 Å². The zero-order chi connectivity index (χ0) is 15.7. The van der Waals surface area contributed by atoms with Crippen LogP contribution in [0.15, 0.2) is 58.8 Å². The number of nitriles is 1. The highest BCUT2D eigenvalue weighted by Gasteiger charge is 2.30. The number of allylic oxidation sites excluding steroid dienone is 1. The van der Waals surface area contributed by atoms with Gasteiger partial charge in [0.2, 0.25) is 5.88 Å². The highest BCUT2D eigenvalue weighted by molar-refractivity contribution is 7.98. The van der Waals surface area contributed by atoms with Crippen LogP contribution < -0.4 is 16.2 Å². The first kappa shape index (κ1) is 14.4. The number of ether oxygens (including phenoxy) is 1. The zero-order valence-electron chi connectivity index (χ0n) is 12.0. The molecule has 0 spiro atoms. The monoisotopic (exact) mass is 309 g/mol. The summed E-state index contributed by atoms with van der Waals surface area (Å²) in [7, 11) is 0. The first-order valence-corrected chi connectivity index (χ1v) is 7.97. The van der Waals surface area contributed by atoms with Gasteiger partial charge in [-0.15, -0.1) is 11.8 Å². The lowest BCUT2D eigenvalue weighted by molar-refractivity contribution is 0.394. The number of thioether (sulfide) groups is 1. The molecular formula is C17H15N3OS. The van der Waals surface area contributed by atoms with Gasteiger partial charge in [-0.1, -0.05) is 18.2 Å². The average molecular weight is 309 g/mol. The predicted molar refractivity (Wildman–Crippen MR) is 88.4 cm³/mol. The predicted octanol–water partition coefficient (Wildman–Crippen LogP) is 3.21. The number of rotatable bonds is 2. The number of nitrogens with zero attached hydrogens (tertiary/aromatic N) is 1. The molecule has 1 atom stereocenters. The molecule has 0 aliphatic carbocycles. The van der Waals surface area contributed by atoms with E-state index in [0.29, 0.717) is 17.0 Å². The standard InChI is InChI=1S/C17H15N3OS/c1-22-12-5-2-10(3-6-12)16-13-7-4-11(19)8-15(13)21-17(20)14(16)9-18/h2-8,16H,19-20H2,1H3. The molecule has 4 nitrogen and oxygen atoms in total. The molecule has 22 heavy (non-hydrogen) atoms. The molecule has 1 heterocycles. The van der Waals surface area contributed by atoms with Gasteiger partial charge in [0.25, 0.3) is 0 Å². The van der Waals surface area contributed by atoms with E-state index in [-0.39, 0.29) is 11.8 Å². The molecule has 5 heteroatoms. The van der Waals surface area contributed by atoms with Crippen molar-refractivity contribution in [1.82, 2.24) is 0 Å². The molecule has 0 bridgehead atoms. The third-order valence-electron chi connectivity index (χ3n) is 3.69. The summed E-state index contributed by atoms with van der Waals surface area (Å²) >= 11 is 1.68. The summed E-state index contributed by atoms with van der Waals surface area (Å²) in [6.45, 7) is 0. The summed E-state index contributed by atoms with van der Waals surface area (Å²) in [6.07, 6.45) is 2.03. The number of anilines is 1. The van der Waals surface area contributed by atoms with Crippen LogP contribution in [-0.2, 0) is 0 Å². The van der Waals surface area contributed by atoms with Gasteiger partial charge < -0.3 is 16.2 Å². The van der Waals surface area contributed by atoms with Crippen LogP contribution in [0.25, 0.3) is 0 Å². The van der Waals surface area contributed by atoms with Crippen molar-refractivity contribution in [2.45, 2.75) is 10.8 Å². The Labute approximate surface area is 133 Å². The van der Waals surface area contributed by atoms with Crippen LogP contribution in [0.3, 0.4) is 0 Å². The SMILES string of the molecule is CSc1ccc(C2C(C#N)=C(N)Oc3cc(N)ccc32)cc1. The van der Waals surface area contributed by atoms with Gasteiger partial charge in [-0.05, 0) is 30.0 Å². The average Bonchev–Trinajstić information content (AvgIpc) is 2.53. The minimum Gasteiger partial charge on any atom is -0.440 e. The molecule has 3 rings (SSSR count). The Bertz CT molecular complexity index is 791. The van der Waals surface area contributed by atoms with E-state index in [4.69, 9.17) is 16.2 Å². The van der Waals surface area contributed by atoms with Gasteiger partial charge in [0, 0.05) is 22.2 Å². The third kappa shape index (κ3) is 2.38. The zero-order valence-corrected chi connectivity index (χ0v) is 12.9. The van der Waals surface area contributed by atoms with Crippen LogP contribution in [0.5, 0.6) is 5.75 Å². The molecule has 1 aliphatic heterocycles. The third-order valence-corrected chi connectivity index (χ3v) is 4.44. The largest absolute Gasteiger partial charge is 0.440 e. The molecule has 110 valence electrons. The fourth-order valence-corrected chi connectivity index (χ4v) is 3.02. The van der Waals surface area contributed by atoms with Crippen molar-refractivity contribution in [1.29, 1.82) is 5.26 Å². The maximum atomic E-state index is 9.48. The Kier molecular flexibility index (Phi) is 3.70. The second kappa shape index (κ2) is 5.66. The summed E-state index contributed by atoms with van der Waals surface area (Å²) in [6, 6.07) is 15.7. The molecule has 0 aromatic heterocycles. The molecule has 4 N–H and O–H groups in total. The smallest absolute Gasteiger partial charge is 0.205 e. The summed E-state index contributed by atoms with van der Waals surface area (Å²) < 4.78 is 5.56. The highest BCUT2D eigenvalue weighted by Crippen LogP contribution is 2.42. The van der Waals surface area contributed by atoms with E-state index < -0.39 is 0 Å². The molecule has 1 unspecified atom stereocenters. The van der Waals surface area contributed by atoms with Crippen molar-refractivity contribution < 1.29 is 4.74 Å². The first-order valence-electron chi connectivity index (χ1n) is 6.75. The Balaban J connectivity index is 2.16. The van der Waals surface area contributed by atoms with Crippen molar-refractivity contribution in [3.8, 4) is 11.8 Å². The van der Waals surface area contributed by atoms with E-state index in [1.54, 1.807) is 17.8 Å². The second-order valence-electron chi connectivity index (χ2n) is 5.00. The van der Waals surface area contributed by atoms with E-state index in [1.165, 1.54) is 4.90 Å². The lowest BCUT2D eigenvalue weighted by Crippen LogP contribution is -2.21. The number of nitrogen functional groups attached to an aromatic ring is 1. The lowest BCUT2D eigenvalue weighted by atomic mass is 9.83. The summed E-state index contributed by atoms with van der Waals surface area (Å²) in [5, 5.41) is 9.48. The Morgan fingerprint density at radius 1 is 1.14 bits per heavy atom. The molecule has 2 aromatic carbocycles. The maximum Gasteiger partial charge on any atom is 0.205 e. The normalized spacial score (nSPS) is 16.6. The van der Waals surface area contributed by atoms with E-state index in [1.807, 2.05) is 42.7 Å². The topological polar surface area (TPSA) is 85.1 Å². The van der Waals surface area contributed by atoms with E-state index >= 15 is 0 Å². The Morgan fingerprint density at radius 2 is 1.86 bits per heavy atom. The summed E-state index contributed by atoms with van der Waals surface area (Å²) in [5.74, 6) is 0.514. The maximum absolute atomic E-state index is 9.48. The van der Waals surface area contributed by atoms with Crippen LogP contribution in [0, 0.1) is 11.3 Å². The molecular weight excluding hydrogens is 294 g/mol. The van der Waals surface area contributed by atoms with Crippen LogP contribution in [0.4, 0.5) is 5.69 Å². The fraction of sp³-hybridized carbons (Fsp3) is 0.118. The van der Waals surface area contributed by atoms with Gasteiger partial charge in [-0.25, -0.2) is 0 Å². The minimum atomic E-state index is -0.231. The van der Waals surface area contributed by atoms with Crippen LogP contribution in [0.2, 0.25) is 0 Å². The van der Waals surface area contributed by atoms with E-state index in [0.717, 1.165) is 11.1 Å². The van der Waals surface area contributed by atoms with Crippen LogP contribution in [-0.4, -0.2) is 6.26 Å². The molecule has 0 fully saturated rings. The van der Waals surface area contributed by atoms with Crippen molar-refractivity contribution in [3.63, 3.8) is 0 Å². The van der Waals surface area contributed by atoms with Crippen molar-refractivity contribution in [3.05, 3.63) is 65.0 Å².